The Morgan fingerprint density at radius 2 is 1.20 bits per heavy atom. The van der Waals surface area contributed by atoms with Crippen LogP contribution >= 0.6 is 0 Å². The van der Waals surface area contributed by atoms with E-state index < -0.39 is 70.7 Å². The number of nitrogens with two attached hydrogens (primary N) is 1. The van der Waals surface area contributed by atoms with E-state index in [1.54, 1.807) is 13.8 Å². The first-order valence-electron chi connectivity index (χ1n) is 18.1. The Morgan fingerprint density at radius 1 is 0.672 bits per heavy atom. The van der Waals surface area contributed by atoms with Crippen LogP contribution in [0.2, 0.25) is 0 Å². The number of benzene rings is 5. The Labute approximate surface area is 346 Å². The van der Waals surface area contributed by atoms with Gasteiger partial charge in [-0.1, -0.05) is 6.07 Å². The molecule has 0 spiro atoms. The molecule has 0 heterocycles. The second kappa shape index (κ2) is 19.2. The summed E-state index contributed by atoms with van der Waals surface area (Å²) in [5.74, 6) is -6.37. The van der Waals surface area contributed by atoms with Gasteiger partial charge in [-0.05, 0) is 105 Å². The fourth-order valence-corrected chi connectivity index (χ4v) is 5.55. The number of nitrogens with zero attached hydrogens (tertiary/aromatic N) is 1. The number of phenolic OH excluding ortho intramolecular Hbond substituents is 1. The molecule has 61 heavy (non-hydrogen) atoms. The fourth-order valence-electron chi connectivity index (χ4n) is 5.55. The van der Waals surface area contributed by atoms with Crippen LogP contribution < -0.4 is 37.1 Å². The van der Waals surface area contributed by atoms with Crippen molar-refractivity contribution in [3.05, 3.63) is 147 Å². The number of ether oxygens (including phenoxy) is 1. The third-order valence-electron chi connectivity index (χ3n) is 8.53. The quantitative estimate of drug-likeness (QED) is 0.0473. The van der Waals surface area contributed by atoms with Gasteiger partial charge in [0.1, 0.15) is 6.04 Å². The van der Waals surface area contributed by atoms with Gasteiger partial charge >= 0.3 is 5.97 Å². The number of nitro groups is 1. The van der Waals surface area contributed by atoms with E-state index in [2.05, 4.69) is 26.6 Å². The Bertz CT molecular complexity index is 2520. The van der Waals surface area contributed by atoms with E-state index >= 15 is 0 Å². The van der Waals surface area contributed by atoms with Gasteiger partial charge in [-0.25, -0.2) is 4.79 Å². The molecule has 5 aromatic rings. The van der Waals surface area contributed by atoms with Gasteiger partial charge in [0, 0.05) is 45.9 Å². The van der Waals surface area contributed by atoms with Crippen molar-refractivity contribution in [3.63, 3.8) is 0 Å². The van der Waals surface area contributed by atoms with Crippen molar-refractivity contribution in [2.75, 3.05) is 21.3 Å². The first kappa shape index (κ1) is 43.5. The molecule has 0 unspecified atom stereocenters. The molecule has 0 bridgehead atoms. The topological polar surface area (TPSA) is 298 Å². The highest BCUT2D eigenvalue weighted by Crippen LogP contribution is 2.39. The summed E-state index contributed by atoms with van der Waals surface area (Å²) in [6.07, 6.45) is -1.06. The van der Waals surface area contributed by atoms with E-state index in [1.807, 2.05) is 0 Å². The average molecular weight is 832 g/mol. The first-order valence-corrected chi connectivity index (χ1v) is 18.1. The number of carboxylic acid groups (broad SMARTS) is 1. The molecule has 6 amide bonds. The molecule has 312 valence electrons. The summed E-state index contributed by atoms with van der Waals surface area (Å²) in [6, 6.07) is 22.7. The van der Waals surface area contributed by atoms with Gasteiger partial charge in [-0.2, -0.15) is 0 Å². The predicted molar refractivity (Wildman–Crippen MR) is 221 cm³/mol. The van der Waals surface area contributed by atoms with Crippen molar-refractivity contribution < 1.29 is 53.4 Å². The maximum atomic E-state index is 13.3. The van der Waals surface area contributed by atoms with Crippen LogP contribution in [-0.4, -0.2) is 68.7 Å². The molecular formula is C42H37N7O12. The highest BCUT2D eigenvalue weighted by atomic mass is 16.6. The van der Waals surface area contributed by atoms with E-state index in [0.29, 0.717) is 0 Å². The minimum absolute atomic E-state index is 0.0138. The lowest BCUT2D eigenvalue weighted by atomic mass is 10.1. The zero-order chi connectivity index (χ0) is 44.4. The van der Waals surface area contributed by atoms with Gasteiger partial charge in [0.05, 0.1) is 34.3 Å². The molecule has 0 radical (unpaired) electrons. The van der Waals surface area contributed by atoms with Crippen molar-refractivity contribution in [3.8, 4) is 11.5 Å². The Balaban J connectivity index is 1.21. The van der Waals surface area contributed by atoms with Crippen LogP contribution in [0.3, 0.4) is 0 Å². The SMILES string of the molecule is CC(C)Oc1c(NC(=O)c2ccc(NC(=O)[C@H](CC(N)=O)NC(=O)c3ccc(NC(=O)c4cccc([N+](=O)[O-])c4)cc3)cc2)ccc(C(=O)Nc2ccc(C(=O)O)cc2)c1O. The largest absolute Gasteiger partial charge is 0.504 e. The molecule has 5 aromatic carbocycles. The van der Waals surface area contributed by atoms with Gasteiger partial charge in [-0.15, -0.1) is 0 Å². The standard InChI is InChI=1S/C42H37N7O12/c1-22(2)61-36-32(19-18-31(35(36)51)40(55)45-28-16-10-25(11-17-28)42(57)58)47-37(52)23-8-14-29(15-9-23)46-41(56)33(21-34(43)50)48-38(53)24-6-12-27(13-7-24)44-39(54)26-4-3-5-30(20-26)49(59)60/h3-20,22,33,51H,21H2,1-2H3,(H2,43,50)(H,44,54)(H,45,55)(H,46,56)(H,47,52)(H,48,53)(H,57,58)/t33-/m0/s1. The van der Waals surface area contributed by atoms with Crippen molar-refractivity contribution in [1.82, 2.24) is 5.32 Å². The summed E-state index contributed by atoms with van der Waals surface area (Å²) in [5, 5.41) is 44.0. The molecule has 19 nitrogen and oxygen atoms in total. The number of aromatic hydroxyl groups is 1. The number of amides is 6. The minimum Gasteiger partial charge on any atom is -0.504 e. The number of primary amides is 1. The molecule has 0 aliphatic carbocycles. The van der Waals surface area contributed by atoms with Crippen LogP contribution in [0, 0.1) is 10.1 Å². The number of nitro benzene ring substituents is 1. The summed E-state index contributed by atoms with van der Waals surface area (Å²) < 4.78 is 5.76. The van der Waals surface area contributed by atoms with Crippen LogP contribution in [0.4, 0.5) is 28.4 Å². The van der Waals surface area contributed by atoms with Crippen LogP contribution in [-0.2, 0) is 9.59 Å². The summed E-state index contributed by atoms with van der Waals surface area (Å²) in [4.78, 5) is 98.6. The molecular weight excluding hydrogens is 794 g/mol. The number of carbonyl (C=O) groups excluding carboxylic acids is 6. The number of non-ortho nitro benzene ring substituents is 1. The van der Waals surface area contributed by atoms with Crippen LogP contribution in [0.1, 0.15) is 72.1 Å². The van der Waals surface area contributed by atoms with Gasteiger partial charge in [-0.3, -0.25) is 38.9 Å². The number of nitrogens with one attached hydrogen (secondary N) is 5. The second-order valence-electron chi connectivity index (χ2n) is 13.4. The fraction of sp³-hybridized carbons (Fsp3) is 0.119. The summed E-state index contributed by atoms with van der Waals surface area (Å²) in [6.45, 7) is 3.34. The molecule has 0 fully saturated rings. The molecule has 19 heteroatoms. The van der Waals surface area contributed by atoms with Crippen molar-refractivity contribution in [1.29, 1.82) is 0 Å². The number of aromatic carboxylic acids is 1. The van der Waals surface area contributed by atoms with E-state index in [9.17, 15) is 48.8 Å². The molecule has 0 aliphatic rings. The Morgan fingerprint density at radius 3 is 1.74 bits per heavy atom. The van der Waals surface area contributed by atoms with Crippen molar-refractivity contribution in [2.45, 2.75) is 32.4 Å². The number of hydrogen-bond acceptors (Lipinski definition) is 11. The van der Waals surface area contributed by atoms with Gasteiger partial charge in [0.15, 0.2) is 11.5 Å². The lowest BCUT2D eigenvalue weighted by Crippen LogP contribution is -2.46. The maximum absolute atomic E-state index is 13.3. The number of carboxylic acids is 1. The number of anilines is 4. The average Bonchev–Trinajstić information content (AvgIpc) is 3.22. The zero-order valence-electron chi connectivity index (χ0n) is 32.3. The molecule has 0 aromatic heterocycles. The summed E-state index contributed by atoms with van der Waals surface area (Å²) >= 11 is 0. The normalized spacial score (nSPS) is 11.1. The van der Waals surface area contributed by atoms with E-state index in [0.717, 1.165) is 6.07 Å². The van der Waals surface area contributed by atoms with E-state index in [4.69, 9.17) is 15.6 Å². The highest BCUT2D eigenvalue weighted by molar-refractivity contribution is 6.10. The lowest BCUT2D eigenvalue weighted by Gasteiger charge is -2.19. The van der Waals surface area contributed by atoms with Crippen molar-refractivity contribution in [2.24, 2.45) is 5.73 Å². The van der Waals surface area contributed by atoms with Crippen LogP contribution in [0.25, 0.3) is 0 Å². The summed E-state index contributed by atoms with van der Waals surface area (Å²) in [5.41, 5.74) is 5.86. The van der Waals surface area contributed by atoms with Crippen molar-refractivity contribution >= 4 is 69.8 Å². The van der Waals surface area contributed by atoms with Crippen LogP contribution in [0.5, 0.6) is 11.5 Å². The Kier molecular flexibility index (Phi) is 13.7. The predicted octanol–water partition coefficient (Wildman–Crippen LogP) is 5.16. The maximum Gasteiger partial charge on any atom is 0.335 e. The molecule has 9 N–H and O–H groups in total. The monoisotopic (exact) mass is 831 g/mol. The third kappa shape index (κ3) is 11.5. The molecule has 5 rings (SSSR count). The second-order valence-corrected chi connectivity index (χ2v) is 13.4. The Hall–Kier alpha value is -8.61. The van der Waals surface area contributed by atoms with E-state index in [-0.39, 0.29) is 62.0 Å². The number of rotatable bonds is 16. The van der Waals surface area contributed by atoms with Gasteiger partial charge < -0.3 is 47.3 Å². The molecule has 0 saturated carbocycles. The minimum atomic E-state index is -1.42. The highest BCUT2D eigenvalue weighted by Gasteiger charge is 2.25. The third-order valence-corrected chi connectivity index (χ3v) is 8.53. The van der Waals surface area contributed by atoms with Crippen LogP contribution in [0.15, 0.2) is 109 Å². The molecule has 1 atom stereocenters. The smallest absolute Gasteiger partial charge is 0.335 e. The number of carbonyl (C=O) groups is 7. The number of phenols is 1. The van der Waals surface area contributed by atoms with Gasteiger partial charge in [0.25, 0.3) is 29.3 Å². The summed E-state index contributed by atoms with van der Waals surface area (Å²) in [7, 11) is 0. The first-order chi connectivity index (χ1) is 29.0. The lowest BCUT2D eigenvalue weighted by molar-refractivity contribution is -0.384. The molecule has 0 saturated heterocycles. The van der Waals surface area contributed by atoms with Gasteiger partial charge in [0.2, 0.25) is 11.8 Å². The molecule has 0 aliphatic heterocycles. The number of hydrogen-bond donors (Lipinski definition) is 8. The zero-order valence-corrected chi connectivity index (χ0v) is 32.3. The van der Waals surface area contributed by atoms with E-state index in [1.165, 1.54) is 103 Å².